The minimum Gasteiger partial charge on any atom is -0.397 e. The smallest absolute Gasteiger partial charge is 0.0402 e. The van der Waals surface area contributed by atoms with Crippen molar-refractivity contribution in [3.63, 3.8) is 0 Å². The fourth-order valence-corrected chi connectivity index (χ4v) is 5.49. The SMILES string of the molecule is CCCCCCCCC1(CCCCCCCC)c2ccccc2-c2ccccc21.CCO. The summed E-state index contributed by atoms with van der Waals surface area (Å²) < 4.78 is 0. The Balaban J connectivity index is 0.00000114. The summed E-state index contributed by atoms with van der Waals surface area (Å²) in [6.07, 6.45) is 19.3. The van der Waals surface area contributed by atoms with Crippen LogP contribution in [0.5, 0.6) is 0 Å². The van der Waals surface area contributed by atoms with Crippen LogP contribution in [-0.2, 0) is 5.41 Å². The quantitative estimate of drug-likeness (QED) is 0.292. The first-order chi connectivity index (χ1) is 15.7. The summed E-state index contributed by atoms with van der Waals surface area (Å²) >= 11 is 0. The van der Waals surface area contributed by atoms with Crippen LogP contribution in [0.4, 0.5) is 0 Å². The van der Waals surface area contributed by atoms with Crippen molar-refractivity contribution in [3.8, 4) is 11.1 Å². The molecule has 0 spiro atoms. The number of aliphatic hydroxyl groups excluding tert-OH is 1. The van der Waals surface area contributed by atoms with Crippen molar-refractivity contribution in [1.29, 1.82) is 0 Å². The van der Waals surface area contributed by atoms with E-state index in [1.54, 1.807) is 18.1 Å². The summed E-state index contributed by atoms with van der Waals surface area (Å²) in [5, 5.41) is 7.57. The van der Waals surface area contributed by atoms with Gasteiger partial charge < -0.3 is 5.11 Å². The summed E-state index contributed by atoms with van der Waals surface area (Å²) in [6, 6.07) is 18.6. The molecule has 0 amide bonds. The molecule has 0 heterocycles. The fourth-order valence-electron chi connectivity index (χ4n) is 5.49. The highest BCUT2D eigenvalue weighted by Gasteiger charge is 2.41. The van der Waals surface area contributed by atoms with Crippen LogP contribution >= 0.6 is 0 Å². The standard InChI is InChI=1S/C29H42.C2H6O/c1-3-5-7-9-11-17-23-29(24-18-12-10-8-6-4-2)27-21-15-13-19-25(27)26-20-14-16-22-28(26)29;1-2-3/h13-16,19-22H,3-12,17-18,23-24H2,1-2H3;3H,2H2,1H3. The Hall–Kier alpha value is -1.60. The number of aliphatic hydroxyl groups is 1. The van der Waals surface area contributed by atoms with Crippen molar-refractivity contribution in [2.45, 2.75) is 116 Å². The van der Waals surface area contributed by atoms with Gasteiger partial charge in [-0.1, -0.05) is 139 Å². The van der Waals surface area contributed by atoms with Gasteiger partial charge in [-0.3, -0.25) is 0 Å². The normalized spacial score (nSPS) is 13.2. The highest BCUT2D eigenvalue weighted by molar-refractivity contribution is 5.80. The van der Waals surface area contributed by atoms with Gasteiger partial charge in [0.2, 0.25) is 0 Å². The Labute approximate surface area is 198 Å². The molecule has 0 fully saturated rings. The summed E-state index contributed by atoms with van der Waals surface area (Å²) in [7, 11) is 0. The van der Waals surface area contributed by atoms with Gasteiger partial charge in [-0.05, 0) is 42.0 Å². The summed E-state index contributed by atoms with van der Waals surface area (Å²) in [5.74, 6) is 0. The maximum atomic E-state index is 7.57. The van der Waals surface area contributed by atoms with Crippen LogP contribution in [0.25, 0.3) is 11.1 Å². The highest BCUT2D eigenvalue weighted by atomic mass is 16.2. The molecule has 32 heavy (non-hydrogen) atoms. The number of benzene rings is 2. The monoisotopic (exact) mass is 436 g/mol. The molecule has 1 aliphatic carbocycles. The van der Waals surface area contributed by atoms with E-state index in [1.807, 2.05) is 0 Å². The second-order valence-corrected chi connectivity index (χ2v) is 9.53. The van der Waals surface area contributed by atoms with Gasteiger partial charge in [-0.15, -0.1) is 0 Å². The van der Waals surface area contributed by atoms with E-state index in [0.29, 0.717) is 0 Å². The number of rotatable bonds is 14. The molecular formula is C31H48O. The first-order valence-electron chi connectivity index (χ1n) is 13.5. The van der Waals surface area contributed by atoms with E-state index in [2.05, 4.69) is 62.4 Å². The van der Waals surface area contributed by atoms with Crippen molar-refractivity contribution in [1.82, 2.24) is 0 Å². The third kappa shape index (κ3) is 7.20. The number of fused-ring (bicyclic) bond motifs is 3. The van der Waals surface area contributed by atoms with Crippen LogP contribution in [0.3, 0.4) is 0 Å². The average Bonchev–Trinajstić information content (AvgIpc) is 3.09. The van der Waals surface area contributed by atoms with Gasteiger partial charge in [0.25, 0.3) is 0 Å². The van der Waals surface area contributed by atoms with Crippen LogP contribution in [-0.4, -0.2) is 11.7 Å². The lowest BCUT2D eigenvalue weighted by atomic mass is 9.70. The molecule has 0 saturated carbocycles. The predicted octanol–water partition coefficient (Wildman–Crippen LogP) is 9.45. The van der Waals surface area contributed by atoms with E-state index < -0.39 is 0 Å². The van der Waals surface area contributed by atoms with Crippen LogP contribution < -0.4 is 0 Å². The third-order valence-corrected chi connectivity index (χ3v) is 7.09. The molecule has 0 unspecified atom stereocenters. The zero-order chi connectivity index (χ0) is 23.1. The van der Waals surface area contributed by atoms with Gasteiger partial charge in [0.1, 0.15) is 0 Å². The molecule has 1 heteroatoms. The van der Waals surface area contributed by atoms with E-state index in [9.17, 15) is 0 Å². The maximum absolute atomic E-state index is 7.57. The Bertz CT molecular complexity index is 684. The van der Waals surface area contributed by atoms with Crippen LogP contribution in [0, 0.1) is 0 Å². The van der Waals surface area contributed by atoms with Crippen molar-refractivity contribution in [2.24, 2.45) is 0 Å². The van der Waals surface area contributed by atoms with Gasteiger partial charge in [-0.25, -0.2) is 0 Å². The molecule has 0 radical (unpaired) electrons. The van der Waals surface area contributed by atoms with Crippen molar-refractivity contribution in [2.75, 3.05) is 6.61 Å². The van der Waals surface area contributed by atoms with Gasteiger partial charge >= 0.3 is 0 Å². The molecule has 1 aliphatic rings. The molecule has 0 aliphatic heterocycles. The molecule has 0 bridgehead atoms. The van der Waals surface area contributed by atoms with E-state index in [1.165, 1.54) is 101 Å². The predicted molar refractivity (Wildman–Crippen MR) is 141 cm³/mol. The Morgan fingerprint density at radius 1 is 0.531 bits per heavy atom. The lowest BCUT2D eigenvalue weighted by Crippen LogP contribution is -2.25. The highest BCUT2D eigenvalue weighted by Crippen LogP contribution is 2.53. The van der Waals surface area contributed by atoms with Crippen molar-refractivity contribution in [3.05, 3.63) is 59.7 Å². The number of hydrogen-bond donors (Lipinski definition) is 1. The van der Waals surface area contributed by atoms with Gasteiger partial charge in [0, 0.05) is 12.0 Å². The van der Waals surface area contributed by atoms with Crippen LogP contribution in [0.1, 0.15) is 122 Å². The Morgan fingerprint density at radius 2 is 0.875 bits per heavy atom. The number of hydrogen-bond acceptors (Lipinski definition) is 1. The average molecular weight is 437 g/mol. The summed E-state index contributed by atoms with van der Waals surface area (Å²) in [5.41, 5.74) is 6.48. The maximum Gasteiger partial charge on any atom is 0.0402 e. The van der Waals surface area contributed by atoms with Crippen molar-refractivity contribution >= 4 is 0 Å². The summed E-state index contributed by atoms with van der Waals surface area (Å²) in [6.45, 7) is 6.55. The first kappa shape index (κ1) is 26.7. The molecule has 3 rings (SSSR count). The van der Waals surface area contributed by atoms with Crippen molar-refractivity contribution < 1.29 is 5.11 Å². The molecular weight excluding hydrogens is 388 g/mol. The third-order valence-electron chi connectivity index (χ3n) is 7.09. The second kappa shape index (κ2) is 15.3. The van der Waals surface area contributed by atoms with Crippen LogP contribution in [0.2, 0.25) is 0 Å². The zero-order valence-corrected chi connectivity index (χ0v) is 21.2. The molecule has 1 nitrogen and oxygen atoms in total. The molecule has 1 N–H and O–H groups in total. The Kier molecular flexibility index (Phi) is 12.7. The number of unbranched alkanes of at least 4 members (excludes halogenated alkanes) is 10. The molecule has 2 aromatic rings. The lowest BCUT2D eigenvalue weighted by Gasteiger charge is -2.33. The topological polar surface area (TPSA) is 20.2 Å². The zero-order valence-electron chi connectivity index (χ0n) is 21.2. The second-order valence-electron chi connectivity index (χ2n) is 9.53. The molecule has 2 aromatic carbocycles. The largest absolute Gasteiger partial charge is 0.397 e. The van der Waals surface area contributed by atoms with Crippen LogP contribution in [0.15, 0.2) is 48.5 Å². The minimum absolute atomic E-state index is 0.250. The van der Waals surface area contributed by atoms with Gasteiger partial charge in [0.05, 0.1) is 0 Å². The minimum atomic E-state index is 0.250. The molecule has 0 saturated heterocycles. The van der Waals surface area contributed by atoms with Gasteiger partial charge in [0.15, 0.2) is 0 Å². The van der Waals surface area contributed by atoms with E-state index in [4.69, 9.17) is 5.11 Å². The Morgan fingerprint density at radius 3 is 1.28 bits per heavy atom. The lowest BCUT2D eigenvalue weighted by molar-refractivity contribution is 0.318. The van der Waals surface area contributed by atoms with E-state index in [0.717, 1.165) is 0 Å². The summed E-state index contributed by atoms with van der Waals surface area (Å²) in [4.78, 5) is 0. The van der Waals surface area contributed by atoms with Gasteiger partial charge in [-0.2, -0.15) is 0 Å². The van der Waals surface area contributed by atoms with E-state index >= 15 is 0 Å². The first-order valence-corrected chi connectivity index (χ1v) is 13.5. The fraction of sp³-hybridized carbons (Fsp3) is 0.613. The molecule has 178 valence electrons. The van der Waals surface area contributed by atoms with E-state index in [-0.39, 0.29) is 12.0 Å². The molecule has 0 aromatic heterocycles. The molecule has 0 atom stereocenters.